The number of amides is 1. The number of aromatic amines is 1. The fourth-order valence-corrected chi connectivity index (χ4v) is 5.37. The molecule has 2 aromatic heterocycles. The standard InChI is InChI=1S/C25H23ClN4O2S/c26-19-10-4-6-16(12-19)13-27-23(31)18-9-5-11-30(14-18)25-28-21-20(17-7-2-1-3-8-17)15-33-22(21)24(32)29-25/h1-4,6-8,10,12,15,18H,5,9,11,13-14H2,(H,27,31)(H,28,29,32)/t18-/m0/s1. The summed E-state index contributed by atoms with van der Waals surface area (Å²) in [6, 6.07) is 17.4. The Balaban J connectivity index is 1.35. The number of nitrogens with zero attached hydrogens (tertiary/aromatic N) is 2. The van der Waals surface area contributed by atoms with Gasteiger partial charge in [-0.05, 0) is 36.1 Å². The minimum absolute atomic E-state index is 0.00334. The molecule has 0 bridgehead atoms. The van der Waals surface area contributed by atoms with Crippen LogP contribution in [0.3, 0.4) is 0 Å². The van der Waals surface area contributed by atoms with Gasteiger partial charge in [-0.2, -0.15) is 0 Å². The van der Waals surface area contributed by atoms with Crippen molar-refractivity contribution < 1.29 is 4.79 Å². The van der Waals surface area contributed by atoms with Gasteiger partial charge in [0.1, 0.15) is 4.70 Å². The van der Waals surface area contributed by atoms with Gasteiger partial charge in [-0.15, -0.1) is 11.3 Å². The van der Waals surface area contributed by atoms with Crippen molar-refractivity contribution in [2.24, 2.45) is 5.92 Å². The van der Waals surface area contributed by atoms with E-state index < -0.39 is 0 Å². The van der Waals surface area contributed by atoms with Crippen LogP contribution < -0.4 is 15.8 Å². The van der Waals surface area contributed by atoms with E-state index >= 15 is 0 Å². The fraction of sp³-hybridized carbons (Fsp3) is 0.240. The molecule has 0 saturated carbocycles. The van der Waals surface area contributed by atoms with Gasteiger partial charge < -0.3 is 10.2 Å². The third kappa shape index (κ3) is 4.65. The number of aromatic nitrogens is 2. The number of anilines is 1. The van der Waals surface area contributed by atoms with E-state index in [0.29, 0.717) is 34.3 Å². The number of fused-ring (bicyclic) bond motifs is 1. The quantitative estimate of drug-likeness (QED) is 0.430. The number of carbonyl (C=O) groups excluding carboxylic acids is 1. The van der Waals surface area contributed by atoms with Gasteiger partial charge in [0.15, 0.2) is 0 Å². The Morgan fingerprint density at radius 2 is 2.06 bits per heavy atom. The summed E-state index contributed by atoms with van der Waals surface area (Å²) >= 11 is 7.44. The molecule has 0 aliphatic carbocycles. The Kier molecular flexibility index (Phi) is 6.15. The van der Waals surface area contributed by atoms with Crippen LogP contribution in [0.1, 0.15) is 18.4 Å². The molecular formula is C25H23ClN4O2S. The van der Waals surface area contributed by atoms with Crippen LogP contribution in [0.15, 0.2) is 64.8 Å². The van der Waals surface area contributed by atoms with Crippen molar-refractivity contribution >= 4 is 45.0 Å². The number of hydrogen-bond donors (Lipinski definition) is 2. The van der Waals surface area contributed by atoms with Crippen molar-refractivity contribution in [3.63, 3.8) is 0 Å². The average Bonchev–Trinajstić information content (AvgIpc) is 3.28. The molecule has 3 heterocycles. The van der Waals surface area contributed by atoms with Crippen LogP contribution in [0.25, 0.3) is 21.3 Å². The van der Waals surface area contributed by atoms with Crippen molar-refractivity contribution in [2.75, 3.05) is 18.0 Å². The predicted molar refractivity (Wildman–Crippen MR) is 134 cm³/mol. The van der Waals surface area contributed by atoms with Crippen molar-refractivity contribution in [3.8, 4) is 11.1 Å². The first-order chi connectivity index (χ1) is 16.1. The lowest BCUT2D eigenvalue weighted by atomic mass is 9.97. The molecule has 8 heteroatoms. The molecule has 2 aromatic carbocycles. The minimum atomic E-state index is -0.171. The summed E-state index contributed by atoms with van der Waals surface area (Å²) in [6.07, 6.45) is 1.66. The Labute approximate surface area is 200 Å². The molecule has 33 heavy (non-hydrogen) atoms. The number of carbonyl (C=O) groups is 1. The van der Waals surface area contributed by atoms with Gasteiger partial charge in [-0.3, -0.25) is 14.6 Å². The number of rotatable bonds is 5. The highest BCUT2D eigenvalue weighted by molar-refractivity contribution is 7.17. The van der Waals surface area contributed by atoms with Crippen LogP contribution in [0, 0.1) is 5.92 Å². The van der Waals surface area contributed by atoms with Gasteiger partial charge in [-0.25, -0.2) is 4.98 Å². The molecule has 1 aliphatic rings. The summed E-state index contributed by atoms with van der Waals surface area (Å²) < 4.78 is 0.616. The highest BCUT2D eigenvalue weighted by Gasteiger charge is 2.27. The molecule has 1 saturated heterocycles. The maximum atomic E-state index is 12.8. The minimum Gasteiger partial charge on any atom is -0.352 e. The molecule has 0 spiro atoms. The van der Waals surface area contributed by atoms with Gasteiger partial charge in [0.25, 0.3) is 5.56 Å². The number of benzene rings is 2. The Morgan fingerprint density at radius 1 is 1.21 bits per heavy atom. The molecule has 1 amide bonds. The average molecular weight is 479 g/mol. The summed E-state index contributed by atoms with van der Waals surface area (Å²) in [4.78, 5) is 35.4. The predicted octanol–water partition coefficient (Wildman–Crippen LogP) is 4.84. The van der Waals surface area contributed by atoms with Crippen LogP contribution in [0.2, 0.25) is 5.02 Å². The van der Waals surface area contributed by atoms with E-state index in [-0.39, 0.29) is 17.4 Å². The fourth-order valence-electron chi connectivity index (χ4n) is 4.25. The lowest BCUT2D eigenvalue weighted by molar-refractivity contribution is -0.125. The summed E-state index contributed by atoms with van der Waals surface area (Å²) in [5.41, 5.74) is 3.51. The molecule has 168 valence electrons. The van der Waals surface area contributed by atoms with E-state index in [1.54, 1.807) is 0 Å². The van der Waals surface area contributed by atoms with Crippen LogP contribution in [-0.4, -0.2) is 29.0 Å². The zero-order valence-electron chi connectivity index (χ0n) is 17.9. The molecule has 1 aliphatic heterocycles. The lowest BCUT2D eigenvalue weighted by Gasteiger charge is -2.32. The third-order valence-electron chi connectivity index (χ3n) is 5.95. The van der Waals surface area contributed by atoms with E-state index in [0.717, 1.165) is 36.1 Å². The number of thiophene rings is 1. The van der Waals surface area contributed by atoms with E-state index in [1.807, 2.05) is 64.9 Å². The Hall–Kier alpha value is -3.16. The smallest absolute Gasteiger partial charge is 0.270 e. The highest BCUT2D eigenvalue weighted by Crippen LogP contribution is 2.32. The number of halogens is 1. The second-order valence-electron chi connectivity index (χ2n) is 8.22. The lowest BCUT2D eigenvalue weighted by Crippen LogP contribution is -2.44. The monoisotopic (exact) mass is 478 g/mol. The second-order valence-corrected chi connectivity index (χ2v) is 9.53. The molecule has 1 fully saturated rings. The van der Waals surface area contributed by atoms with Gasteiger partial charge in [-0.1, -0.05) is 54.1 Å². The molecular weight excluding hydrogens is 456 g/mol. The zero-order chi connectivity index (χ0) is 22.8. The highest BCUT2D eigenvalue weighted by atomic mass is 35.5. The summed E-state index contributed by atoms with van der Waals surface area (Å²) in [5, 5.41) is 5.65. The first-order valence-electron chi connectivity index (χ1n) is 10.9. The van der Waals surface area contributed by atoms with Gasteiger partial charge in [0.2, 0.25) is 11.9 Å². The van der Waals surface area contributed by atoms with Crippen LogP contribution in [0.5, 0.6) is 0 Å². The maximum Gasteiger partial charge on any atom is 0.270 e. The molecule has 6 nitrogen and oxygen atoms in total. The maximum absolute atomic E-state index is 12.8. The van der Waals surface area contributed by atoms with E-state index in [2.05, 4.69) is 10.3 Å². The third-order valence-corrected chi connectivity index (χ3v) is 7.15. The molecule has 4 aromatic rings. The molecule has 0 unspecified atom stereocenters. The van der Waals surface area contributed by atoms with Crippen LogP contribution in [-0.2, 0) is 11.3 Å². The summed E-state index contributed by atoms with van der Waals surface area (Å²) in [5.74, 6) is 0.356. The first kappa shape index (κ1) is 21.7. The van der Waals surface area contributed by atoms with Crippen LogP contribution in [0.4, 0.5) is 5.95 Å². The van der Waals surface area contributed by atoms with Crippen molar-refractivity contribution in [1.82, 2.24) is 15.3 Å². The number of H-pyrrole nitrogens is 1. The van der Waals surface area contributed by atoms with Crippen molar-refractivity contribution in [3.05, 3.63) is 80.9 Å². The molecule has 0 radical (unpaired) electrons. The molecule has 2 N–H and O–H groups in total. The van der Waals surface area contributed by atoms with E-state index in [1.165, 1.54) is 11.3 Å². The SMILES string of the molecule is O=C(NCc1cccc(Cl)c1)[C@H]1CCCN(c2nc3c(-c4ccccc4)csc3c(=O)[nH]2)C1. The zero-order valence-corrected chi connectivity index (χ0v) is 19.5. The van der Waals surface area contributed by atoms with Gasteiger partial charge in [0.05, 0.1) is 11.4 Å². The van der Waals surface area contributed by atoms with Crippen molar-refractivity contribution in [1.29, 1.82) is 0 Å². The summed E-state index contributed by atoms with van der Waals surface area (Å²) in [6.45, 7) is 1.70. The summed E-state index contributed by atoms with van der Waals surface area (Å²) in [7, 11) is 0. The Bertz CT molecular complexity index is 1350. The van der Waals surface area contributed by atoms with Crippen LogP contribution >= 0.6 is 22.9 Å². The number of piperidine rings is 1. The first-order valence-corrected chi connectivity index (χ1v) is 12.2. The topological polar surface area (TPSA) is 78.1 Å². The largest absolute Gasteiger partial charge is 0.352 e. The molecule has 1 atom stereocenters. The normalized spacial score (nSPS) is 16.2. The Morgan fingerprint density at radius 3 is 2.88 bits per heavy atom. The van der Waals surface area contributed by atoms with Gasteiger partial charge in [0, 0.05) is 35.6 Å². The van der Waals surface area contributed by atoms with Gasteiger partial charge >= 0.3 is 0 Å². The number of hydrogen-bond acceptors (Lipinski definition) is 5. The molecule has 5 rings (SSSR count). The van der Waals surface area contributed by atoms with E-state index in [4.69, 9.17) is 16.6 Å². The van der Waals surface area contributed by atoms with E-state index in [9.17, 15) is 9.59 Å². The second kappa shape index (κ2) is 9.37. The number of nitrogens with one attached hydrogen (secondary N) is 2. The van der Waals surface area contributed by atoms with Crippen molar-refractivity contribution in [2.45, 2.75) is 19.4 Å².